The van der Waals surface area contributed by atoms with Gasteiger partial charge in [0, 0.05) is 19.6 Å². The summed E-state index contributed by atoms with van der Waals surface area (Å²) in [6.07, 6.45) is -7.69. The first-order valence-electron chi connectivity index (χ1n) is 37.7. The predicted octanol–water partition coefficient (Wildman–Crippen LogP) is -1.22. The number of unbranched alkanes of at least 4 members (excludes halogenated alkanes) is 9. The number of aliphatic hydroxyl groups excluding tert-OH is 4. The zero-order valence-electron chi connectivity index (χ0n) is 67.5. The number of esters is 4. The molecular weight excluding hydrogens is 1560 g/mol. The molecule has 0 unspecified atom stereocenters. The van der Waals surface area contributed by atoms with Crippen LogP contribution in [0.25, 0.3) is 0 Å². The SMILES string of the molecule is C/C=C1/NC(=O)[C@H]([C@H](C)O)NC(=O)[C@@H](CCNC(=O)OCOC(=O)C(C)(C)C)NC(=O)[C@H](CCCCNC(=O)OCOC(=O)C(C)(C)C)NC(=O)[C@H](CC(=O)O)NC(=O)[C@@H](CCNC(=O)OCOC(=O)C(C)(C)C)NC(=O)[C@@H](NC(=O)C[C@H](O)CCCCCCCCCCC)COC(=O)[C@H]([C@H](O)CCl)NC(=O)[C@H]([C@H](O)C(=O)O)NC1=O. The van der Waals surface area contributed by atoms with Crippen molar-refractivity contribution in [2.45, 2.75) is 265 Å². The molecule has 1 saturated heterocycles. The molecule has 0 aromatic heterocycles. The minimum Gasteiger partial charge on any atom is -0.481 e. The molecule has 0 aliphatic carbocycles. The predicted molar refractivity (Wildman–Crippen MR) is 403 cm³/mol. The number of hydrogen-bond donors (Lipinski definition) is 18. The van der Waals surface area contributed by atoms with Crippen LogP contribution in [-0.4, -0.2) is 263 Å². The second-order valence-corrected chi connectivity index (χ2v) is 30.3. The van der Waals surface area contributed by atoms with Crippen LogP contribution >= 0.6 is 11.6 Å². The molecule has 0 spiro atoms. The van der Waals surface area contributed by atoms with E-state index in [1.165, 1.54) is 62.3 Å². The fraction of sp³-hybridized carbons (Fsp3) is 0.722. The Kier molecular flexibility index (Phi) is 47.5. The fourth-order valence-electron chi connectivity index (χ4n) is 9.91. The van der Waals surface area contributed by atoms with Crippen LogP contribution in [0, 0.1) is 16.2 Å². The van der Waals surface area contributed by atoms with E-state index in [1.54, 1.807) is 0 Å². The highest BCUT2D eigenvalue weighted by molar-refractivity contribution is 6.18. The summed E-state index contributed by atoms with van der Waals surface area (Å²) in [6, 6.07) is -18.1. The summed E-state index contributed by atoms with van der Waals surface area (Å²) in [7, 11) is 0. The smallest absolute Gasteiger partial charge is 0.410 e. The summed E-state index contributed by atoms with van der Waals surface area (Å²) in [5.74, 6) is -22.4. The van der Waals surface area contributed by atoms with Gasteiger partial charge in [-0.25, -0.2) is 24.0 Å². The number of alkyl halides is 1. The number of nitrogens with one attached hydrogen (secondary N) is 12. The summed E-state index contributed by atoms with van der Waals surface area (Å²) < 4.78 is 34.9. The molecule has 12 amide bonds. The van der Waals surface area contributed by atoms with Crippen LogP contribution in [0.4, 0.5) is 14.4 Å². The molecule has 1 rings (SSSR count). The zero-order chi connectivity index (χ0) is 88.2. The third kappa shape index (κ3) is 41.9. The zero-order valence-corrected chi connectivity index (χ0v) is 68.2. The fourth-order valence-corrected chi connectivity index (χ4v) is 10.1. The quantitative estimate of drug-likeness (QED) is 0.00866. The summed E-state index contributed by atoms with van der Waals surface area (Å²) in [5.41, 5.74) is -3.99. The number of carboxylic acid groups (broad SMARTS) is 2. The second-order valence-electron chi connectivity index (χ2n) is 30.0. The second kappa shape index (κ2) is 53.1. The van der Waals surface area contributed by atoms with Gasteiger partial charge in [0.15, 0.2) is 12.1 Å². The van der Waals surface area contributed by atoms with Crippen molar-refractivity contribution in [2.24, 2.45) is 16.2 Å². The molecule has 1 heterocycles. The number of alkyl carbamates (subject to hydrolysis) is 3. The number of carbonyl (C=O) groups excluding carboxylic acids is 16. The van der Waals surface area contributed by atoms with Crippen LogP contribution in [0.3, 0.4) is 0 Å². The van der Waals surface area contributed by atoms with E-state index in [0.29, 0.717) is 12.8 Å². The maximum absolute atomic E-state index is 14.8. The number of amides is 12. The van der Waals surface area contributed by atoms with Gasteiger partial charge in [-0.15, -0.1) is 11.6 Å². The van der Waals surface area contributed by atoms with E-state index in [9.17, 15) is 117 Å². The maximum Gasteiger partial charge on any atom is 0.410 e. The number of allylic oxidation sites excluding steroid dienone is 1. The van der Waals surface area contributed by atoms with Crippen molar-refractivity contribution >= 4 is 119 Å². The van der Waals surface area contributed by atoms with Crippen molar-refractivity contribution in [1.29, 1.82) is 0 Å². The summed E-state index contributed by atoms with van der Waals surface area (Å²) >= 11 is 5.94. The molecule has 0 radical (unpaired) electrons. The molecule has 0 aromatic carbocycles. The molecule has 0 bridgehead atoms. The molecule has 0 aromatic rings. The lowest BCUT2D eigenvalue weighted by molar-refractivity contribution is -0.162. The first kappa shape index (κ1) is 104. The third-order valence-electron chi connectivity index (χ3n) is 16.7. The van der Waals surface area contributed by atoms with Crippen LogP contribution < -0.4 is 63.8 Å². The Bertz CT molecular complexity index is 3360. The van der Waals surface area contributed by atoms with E-state index in [0.717, 1.165) is 64.9 Å². The van der Waals surface area contributed by atoms with E-state index >= 15 is 0 Å². The number of cyclic esters (lactones) is 1. The minimum absolute atomic E-state index is 0.0675. The van der Waals surface area contributed by atoms with Gasteiger partial charge < -0.3 is 128 Å². The van der Waals surface area contributed by atoms with Gasteiger partial charge in [-0.05, 0) is 115 Å². The number of ether oxygens (including phenoxy) is 7. The topological polar surface area (TPSA) is 638 Å². The minimum atomic E-state index is -2.96. The highest BCUT2D eigenvalue weighted by Gasteiger charge is 2.42. The van der Waals surface area contributed by atoms with Gasteiger partial charge in [0.25, 0.3) is 5.91 Å². The van der Waals surface area contributed by atoms with Crippen molar-refractivity contribution in [1.82, 2.24) is 63.8 Å². The van der Waals surface area contributed by atoms with E-state index in [-0.39, 0.29) is 25.8 Å². The molecule has 0 saturated carbocycles. The van der Waals surface area contributed by atoms with Crippen molar-refractivity contribution in [3.05, 3.63) is 11.8 Å². The molecule has 44 heteroatoms. The van der Waals surface area contributed by atoms with Crippen molar-refractivity contribution in [3.8, 4) is 0 Å². The van der Waals surface area contributed by atoms with Gasteiger partial charge >= 0.3 is 54.1 Å². The highest BCUT2D eigenvalue weighted by Crippen LogP contribution is 2.19. The van der Waals surface area contributed by atoms with Crippen molar-refractivity contribution in [2.75, 3.05) is 52.5 Å². The number of halogens is 1. The highest BCUT2D eigenvalue weighted by atomic mass is 35.5. The van der Waals surface area contributed by atoms with Crippen LogP contribution in [0.1, 0.15) is 192 Å². The van der Waals surface area contributed by atoms with Gasteiger partial charge in [-0.2, -0.15) is 0 Å². The van der Waals surface area contributed by atoms with E-state index in [4.69, 9.17) is 44.8 Å². The Morgan fingerprint density at radius 3 is 1.37 bits per heavy atom. The number of carboxylic acids is 2. The summed E-state index contributed by atoms with van der Waals surface area (Å²) in [6.45, 7) is 12.0. The Labute approximate surface area is 675 Å². The monoisotopic (exact) mass is 1680 g/mol. The van der Waals surface area contributed by atoms with Crippen LogP contribution in [0.15, 0.2) is 11.8 Å². The van der Waals surface area contributed by atoms with E-state index in [1.807, 2.05) is 16.0 Å². The molecule has 18 N–H and O–H groups in total. The summed E-state index contributed by atoms with van der Waals surface area (Å²) in [4.78, 5) is 245. The molecule has 12 atom stereocenters. The lowest BCUT2D eigenvalue weighted by Crippen LogP contribution is -2.62. The number of carbonyl (C=O) groups is 18. The number of rotatable bonds is 37. The largest absolute Gasteiger partial charge is 0.481 e. The average molecular weight is 1680 g/mol. The molecule has 43 nitrogen and oxygen atoms in total. The molecule has 1 fully saturated rings. The Hall–Kier alpha value is -10.3. The third-order valence-corrected chi connectivity index (χ3v) is 17.0. The Morgan fingerprint density at radius 1 is 0.509 bits per heavy atom. The Balaban J connectivity index is 4.45. The number of hydrogen-bond acceptors (Lipinski definition) is 29. The lowest BCUT2D eigenvalue weighted by Gasteiger charge is -2.29. The molecule has 658 valence electrons. The lowest BCUT2D eigenvalue weighted by atomic mass is 9.97. The van der Waals surface area contributed by atoms with Crippen LogP contribution in [0.5, 0.6) is 0 Å². The molecular formula is C72H117ClN12O31. The maximum atomic E-state index is 14.8. The number of aliphatic hydroxyl groups is 4. The standard InChI is InChI=1S/C72H117ClN12O31/c1-13-15-16-17-18-19-20-21-22-25-40(87)32-48(89)77-46-35-110-63(103)51(47(88)34-73)84-61(100)52(53(92)62(101)102)85-54(93)41(14-2)78-60(99)50(39(3)86)83-57(96)44(28-31-76-69(109)116-38-113-66(106)72(10,11)12)80-55(94)42(26-23-24-29-74-67(107)114-36-111-64(104)70(4,5)6)79-58(97)45(33-49(90)91)82-56(95)43(81-59(46)98)27-30-75-68(108)115-37-112-65(105)71(7,8)9/h14,39-40,42-47,50-53,86-88,92H,13,15-38H2,1-12H3,(H,74,107)(H,75,108)(H,76,109)(H,77,89)(H,78,99)(H,79,97)(H,80,94)(H,81,98)(H,82,95)(H,83,96)(H,84,100)(H,85,93)(H,90,91)(H,101,102)/b41-14+/t39-,40+,42-,43+,44+,45-,46-,47+,50-,51-,52-,53-/m0/s1. The van der Waals surface area contributed by atoms with Crippen LogP contribution in [0.2, 0.25) is 0 Å². The molecule has 1 aliphatic heterocycles. The average Bonchev–Trinajstić information content (AvgIpc) is 0.832. The van der Waals surface area contributed by atoms with Crippen molar-refractivity contribution in [3.63, 3.8) is 0 Å². The first-order chi connectivity index (χ1) is 54.2. The van der Waals surface area contributed by atoms with E-state index < -0.39 is 280 Å². The van der Waals surface area contributed by atoms with Gasteiger partial charge in [0.05, 0.1) is 53.3 Å². The first-order valence-corrected chi connectivity index (χ1v) is 38.2. The normalized spacial score (nSPS) is 20.9. The number of aliphatic carboxylic acids is 2. The van der Waals surface area contributed by atoms with Crippen molar-refractivity contribution < 1.29 is 150 Å². The van der Waals surface area contributed by atoms with E-state index in [2.05, 4.69) is 54.8 Å². The van der Waals surface area contributed by atoms with Gasteiger partial charge in [-0.3, -0.25) is 62.3 Å². The molecule has 1 aliphatic rings. The van der Waals surface area contributed by atoms with Crippen LogP contribution in [-0.2, 0) is 105 Å². The van der Waals surface area contributed by atoms with Gasteiger partial charge in [0.2, 0.25) is 67.6 Å². The molecule has 116 heavy (non-hydrogen) atoms. The van der Waals surface area contributed by atoms with Gasteiger partial charge in [0.1, 0.15) is 54.6 Å². The summed E-state index contributed by atoms with van der Waals surface area (Å²) in [5, 5.41) is 90.2. The Morgan fingerprint density at radius 2 is 0.931 bits per heavy atom. The van der Waals surface area contributed by atoms with Gasteiger partial charge in [-0.1, -0.05) is 70.8 Å².